The van der Waals surface area contributed by atoms with E-state index in [9.17, 15) is 4.79 Å². The summed E-state index contributed by atoms with van der Waals surface area (Å²) >= 11 is 0. The third-order valence-electron chi connectivity index (χ3n) is 2.44. The van der Waals surface area contributed by atoms with Crippen LogP contribution in [0.25, 0.3) is 0 Å². The Morgan fingerprint density at radius 2 is 1.58 bits per heavy atom. The number of benzene rings is 1. The van der Waals surface area contributed by atoms with E-state index in [0.717, 1.165) is 0 Å². The number of ether oxygens (including phenoxy) is 4. The quantitative estimate of drug-likeness (QED) is 0.765. The Morgan fingerprint density at radius 1 is 1.05 bits per heavy atom. The van der Waals surface area contributed by atoms with Gasteiger partial charge in [0.05, 0.1) is 5.56 Å². The van der Waals surface area contributed by atoms with Crippen LogP contribution in [0, 0.1) is 0 Å². The first kappa shape index (κ1) is 15.3. The van der Waals surface area contributed by atoms with Crippen LogP contribution in [-0.4, -0.2) is 37.9 Å². The molecule has 0 radical (unpaired) electrons. The van der Waals surface area contributed by atoms with Crippen LogP contribution >= 0.6 is 0 Å². The van der Waals surface area contributed by atoms with Crippen molar-refractivity contribution in [1.29, 1.82) is 0 Å². The molecular weight excluding hydrogens is 252 g/mol. The van der Waals surface area contributed by atoms with Crippen molar-refractivity contribution >= 4 is 5.97 Å². The maximum atomic E-state index is 10.9. The highest BCUT2D eigenvalue weighted by Crippen LogP contribution is 2.30. The standard InChI is InChI=1S/C13H18O6/c1-8(16-3)18-11-6-5-10(13(14)15)7-12(11)19-9(2)17-4/h5-9H,1-4H3,(H,14,15). The van der Waals surface area contributed by atoms with Gasteiger partial charge in [-0.1, -0.05) is 0 Å². The molecule has 2 atom stereocenters. The van der Waals surface area contributed by atoms with Gasteiger partial charge in [-0.05, 0) is 32.0 Å². The summed E-state index contributed by atoms with van der Waals surface area (Å²) in [4.78, 5) is 10.9. The number of carboxylic acid groups (broad SMARTS) is 1. The second kappa shape index (κ2) is 6.96. The molecule has 0 aliphatic heterocycles. The Balaban J connectivity index is 3.03. The molecule has 0 aromatic heterocycles. The fraction of sp³-hybridized carbons (Fsp3) is 0.462. The van der Waals surface area contributed by atoms with Crippen molar-refractivity contribution in [3.05, 3.63) is 23.8 Å². The van der Waals surface area contributed by atoms with Crippen molar-refractivity contribution in [2.24, 2.45) is 0 Å². The van der Waals surface area contributed by atoms with Crippen LogP contribution in [0.4, 0.5) is 0 Å². The maximum Gasteiger partial charge on any atom is 0.335 e. The molecule has 0 heterocycles. The first-order chi connectivity index (χ1) is 8.97. The van der Waals surface area contributed by atoms with Crippen molar-refractivity contribution < 1.29 is 28.8 Å². The summed E-state index contributed by atoms with van der Waals surface area (Å²) in [7, 11) is 3.00. The summed E-state index contributed by atoms with van der Waals surface area (Å²) < 4.78 is 20.9. The van der Waals surface area contributed by atoms with E-state index in [-0.39, 0.29) is 11.3 Å². The largest absolute Gasteiger partial charge is 0.478 e. The van der Waals surface area contributed by atoms with E-state index in [1.54, 1.807) is 13.8 Å². The van der Waals surface area contributed by atoms with Crippen LogP contribution in [0.5, 0.6) is 11.5 Å². The summed E-state index contributed by atoms with van der Waals surface area (Å²) in [5.74, 6) is -0.359. The normalized spacial score (nSPS) is 13.7. The van der Waals surface area contributed by atoms with Crippen LogP contribution in [0.3, 0.4) is 0 Å². The molecule has 0 spiro atoms. The molecule has 0 fully saturated rings. The van der Waals surface area contributed by atoms with E-state index in [1.807, 2.05) is 0 Å². The number of carboxylic acids is 1. The third kappa shape index (κ3) is 4.42. The van der Waals surface area contributed by atoms with E-state index in [2.05, 4.69) is 0 Å². The van der Waals surface area contributed by atoms with Crippen molar-refractivity contribution in [2.75, 3.05) is 14.2 Å². The Morgan fingerprint density at radius 3 is 2.05 bits per heavy atom. The molecular formula is C13H18O6. The molecule has 1 aromatic rings. The van der Waals surface area contributed by atoms with Crippen molar-refractivity contribution in [1.82, 2.24) is 0 Å². The lowest BCUT2D eigenvalue weighted by Crippen LogP contribution is -2.18. The second-order valence-electron chi connectivity index (χ2n) is 3.81. The third-order valence-corrected chi connectivity index (χ3v) is 2.44. The highest BCUT2D eigenvalue weighted by atomic mass is 16.7. The van der Waals surface area contributed by atoms with Crippen molar-refractivity contribution in [2.45, 2.75) is 26.4 Å². The van der Waals surface area contributed by atoms with Crippen molar-refractivity contribution in [3.8, 4) is 11.5 Å². The van der Waals surface area contributed by atoms with Crippen LogP contribution in [0.15, 0.2) is 18.2 Å². The highest BCUT2D eigenvalue weighted by molar-refractivity contribution is 5.88. The SMILES string of the molecule is COC(C)Oc1ccc(C(=O)O)cc1OC(C)OC. The van der Waals surface area contributed by atoms with E-state index in [1.165, 1.54) is 32.4 Å². The van der Waals surface area contributed by atoms with Gasteiger partial charge < -0.3 is 24.1 Å². The lowest BCUT2D eigenvalue weighted by atomic mass is 10.2. The molecule has 1 rings (SSSR count). The van der Waals surface area contributed by atoms with Crippen LogP contribution < -0.4 is 9.47 Å². The minimum absolute atomic E-state index is 0.107. The van der Waals surface area contributed by atoms with Gasteiger partial charge in [-0.3, -0.25) is 0 Å². The van der Waals surface area contributed by atoms with E-state index >= 15 is 0 Å². The predicted molar refractivity (Wildman–Crippen MR) is 67.6 cm³/mol. The minimum Gasteiger partial charge on any atom is -0.478 e. The highest BCUT2D eigenvalue weighted by Gasteiger charge is 2.15. The smallest absolute Gasteiger partial charge is 0.335 e. The maximum absolute atomic E-state index is 10.9. The van der Waals surface area contributed by atoms with E-state index < -0.39 is 18.5 Å². The Bertz CT molecular complexity index is 431. The van der Waals surface area contributed by atoms with Gasteiger partial charge in [0.1, 0.15) is 0 Å². The molecule has 2 unspecified atom stereocenters. The molecule has 6 nitrogen and oxygen atoms in total. The number of hydrogen-bond acceptors (Lipinski definition) is 5. The molecule has 0 aliphatic rings. The Hall–Kier alpha value is -1.79. The number of hydrogen-bond donors (Lipinski definition) is 1. The van der Waals surface area contributed by atoms with Gasteiger partial charge in [0.25, 0.3) is 0 Å². The summed E-state index contributed by atoms with van der Waals surface area (Å²) in [6.07, 6.45) is -1.000. The Labute approximate surface area is 111 Å². The second-order valence-corrected chi connectivity index (χ2v) is 3.81. The molecule has 6 heteroatoms. The van der Waals surface area contributed by atoms with E-state index in [4.69, 9.17) is 24.1 Å². The molecule has 106 valence electrons. The molecule has 19 heavy (non-hydrogen) atoms. The molecule has 1 N–H and O–H groups in total. The van der Waals surface area contributed by atoms with E-state index in [0.29, 0.717) is 5.75 Å². The zero-order valence-corrected chi connectivity index (χ0v) is 11.4. The molecule has 0 amide bonds. The summed E-state index contributed by atoms with van der Waals surface area (Å²) in [6.45, 7) is 3.41. The van der Waals surface area contributed by atoms with Crippen LogP contribution in [0.1, 0.15) is 24.2 Å². The first-order valence-corrected chi connectivity index (χ1v) is 5.74. The van der Waals surface area contributed by atoms with Gasteiger partial charge >= 0.3 is 5.97 Å². The van der Waals surface area contributed by atoms with Crippen molar-refractivity contribution in [3.63, 3.8) is 0 Å². The minimum atomic E-state index is -1.04. The summed E-state index contributed by atoms with van der Waals surface area (Å²) in [6, 6.07) is 4.34. The van der Waals surface area contributed by atoms with Gasteiger partial charge in [0, 0.05) is 14.2 Å². The fourth-order valence-corrected chi connectivity index (χ4v) is 1.28. The van der Waals surface area contributed by atoms with Crippen LogP contribution in [-0.2, 0) is 9.47 Å². The molecule has 0 saturated heterocycles. The molecule has 0 saturated carbocycles. The number of carbonyl (C=O) groups is 1. The van der Waals surface area contributed by atoms with Crippen LogP contribution in [0.2, 0.25) is 0 Å². The number of methoxy groups -OCH3 is 2. The average molecular weight is 270 g/mol. The zero-order valence-electron chi connectivity index (χ0n) is 11.4. The molecule has 1 aromatic carbocycles. The van der Waals surface area contributed by atoms with Gasteiger partial charge in [-0.25, -0.2) is 4.79 Å². The lowest BCUT2D eigenvalue weighted by Gasteiger charge is -2.19. The van der Waals surface area contributed by atoms with Gasteiger partial charge in [-0.15, -0.1) is 0 Å². The topological polar surface area (TPSA) is 74.2 Å². The monoisotopic (exact) mass is 270 g/mol. The summed E-state index contributed by atoms with van der Waals surface area (Å²) in [5.41, 5.74) is 0.107. The Kier molecular flexibility index (Phi) is 5.59. The zero-order chi connectivity index (χ0) is 14.4. The first-order valence-electron chi connectivity index (χ1n) is 5.74. The van der Waals surface area contributed by atoms with Gasteiger partial charge in [-0.2, -0.15) is 0 Å². The lowest BCUT2D eigenvalue weighted by molar-refractivity contribution is -0.0553. The fourth-order valence-electron chi connectivity index (χ4n) is 1.28. The molecule has 0 aliphatic carbocycles. The summed E-state index contributed by atoms with van der Waals surface area (Å²) in [5, 5.41) is 8.97. The van der Waals surface area contributed by atoms with Gasteiger partial charge in [0.2, 0.25) is 0 Å². The average Bonchev–Trinajstić information content (AvgIpc) is 2.39. The number of rotatable bonds is 7. The predicted octanol–water partition coefficient (Wildman–Crippen LogP) is 2.13. The number of aromatic carboxylic acids is 1. The van der Waals surface area contributed by atoms with Gasteiger partial charge in [0.15, 0.2) is 24.1 Å². The molecule has 0 bridgehead atoms.